The third kappa shape index (κ3) is 3.40. The van der Waals surface area contributed by atoms with Gasteiger partial charge in [0.25, 0.3) is 0 Å². The summed E-state index contributed by atoms with van der Waals surface area (Å²) < 4.78 is 22.5. The number of hydrogen-bond acceptors (Lipinski definition) is 6. The molecule has 1 aromatic heterocycles. The van der Waals surface area contributed by atoms with Crippen LogP contribution in [-0.4, -0.2) is 39.7 Å². The number of halogens is 1. The number of methoxy groups -OCH3 is 1. The fraction of sp³-hybridized carbons (Fsp3) is 0.357. The molecule has 0 aliphatic rings. The van der Waals surface area contributed by atoms with Gasteiger partial charge in [-0.1, -0.05) is 4.49 Å². The lowest BCUT2D eigenvalue weighted by atomic mass is 10.0. The molecule has 1 unspecified atom stereocenters. The highest BCUT2D eigenvalue weighted by atomic mass is 32.1. The number of likely N-dealkylation sites (N-methyl/N-ethyl adjacent to an activating group) is 1. The van der Waals surface area contributed by atoms with Crippen molar-refractivity contribution in [1.82, 2.24) is 14.5 Å². The predicted molar refractivity (Wildman–Crippen MR) is 79.4 cm³/mol. The zero-order valence-electron chi connectivity index (χ0n) is 12.4. The Hall–Kier alpha value is -2.06. The molecule has 0 amide bonds. The molecule has 1 heterocycles. The van der Waals surface area contributed by atoms with Gasteiger partial charge in [0.15, 0.2) is 0 Å². The van der Waals surface area contributed by atoms with E-state index in [1.165, 1.54) is 36.8 Å². The van der Waals surface area contributed by atoms with Crippen molar-refractivity contribution in [2.75, 3.05) is 14.2 Å². The molecule has 1 aromatic carbocycles. The summed E-state index contributed by atoms with van der Waals surface area (Å²) in [5, 5.41) is 13.5. The lowest BCUT2D eigenvalue weighted by Crippen LogP contribution is -2.31. The molecule has 2 rings (SSSR count). The number of nitrogens with zero attached hydrogens (tertiary/aromatic N) is 3. The fourth-order valence-electron chi connectivity index (χ4n) is 2.19. The van der Waals surface area contributed by atoms with E-state index < -0.39 is 17.8 Å². The van der Waals surface area contributed by atoms with Crippen LogP contribution in [0.5, 0.6) is 5.75 Å². The maximum Gasteiger partial charge on any atom is 0.325 e. The van der Waals surface area contributed by atoms with Gasteiger partial charge in [-0.2, -0.15) is 0 Å². The van der Waals surface area contributed by atoms with Crippen LogP contribution < -0.4 is 4.74 Å². The van der Waals surface area contributed by atoms with E-state index in [0.29, 0.717) is 12.3 Å². The minimum atomic E-state index is -1.08. The molecule has 6 nitrogen and oxygen atoms in total. The highest BCUT2D eigenvalue weighted by molar-refractivity contribution is 7.05. The fourth-order valence-corrected chi connectivity index (χ4v) is 2.89. The van der Waals surface area contributed by atoms with Crippen molar-refractivity contribution in [3.63, 3.8) is 0 Å². The highest BCUT2D eigenvalue weighted by Gasteiger charge is 2.29. The minimum Gasteiger partial charge on any atom is -0.496 e. The van der Waals surface area contributed by atoms with Gasteiger partial charge in [0.05, 0.1) is 17.7 Å². The summed E-state index contributed by atoms with van der Waals surface area (Å²) in [6, 6.07) is 2.81. The van der Waals surface area contributed by atoms with Gasteiger partial charge < -0.3 is 9.84 Å². The Morgan fingerprint density at radius 3 is 2.82 bits per heavy atom. The number of benzene rings is 1. The Kier molecular flexibility index (Phi) is 5.04. The molecule has 1 N–H and O–H groups in total. The van der Waals surface area contributed by atoms with Crippen LogP contribution in [0.25, 0.3) is 0 Å². The molecule has 0 saturated heterocycles. The van der Waals surface area contributed by atoms with Crippen LogP contribution in [0.3, 0.4) is 0 Å². The molecule has 0 aliphatic heterocycles. The molecule has 0 spiro atoms. The molecule has 1 atom stereocenters. The third-order valence-corrected chi connectivity index (χ3v) is 4.11. The van der Waals surface area contributed by atoms with Gasteiger partial charge in [0, 0.05) is 12.1 Å². The number of carboxylic acids is 1. The molecule has 0 fully saturated rings. The van der Waals surface area contributed by atoms with E-state index in [-0.39, 0.29) is 5.56 Å². The SMILES string of the molecule is COc1ccc(F)cc1C(C(=O)O)N(C)Cc1snnc1C. The largest absolute Gasteiger partial charge is 0.496 e. The first kappa shape index (κ1) is 16.3. The third-order valence-electron chi connectivity index (χ3n) is 3.30. The summed E-state index contributed by atoms with van der Waals surface area (Å²) in [6.07, 6.45) is 0. The number of aromatic nitrogens is 2. The topological polar surface area (TPSA) is 75.6 Å². The summed E-state index contributed by atoms with van der Waals surface area (Å²) in [4.78, 5) is 14.2. The van der Waals surface area contributed by atoms with E-state index in [4.69, 9.17) is 4.74 Å². The molecule has 22 heavy (non-hydrogen) atoms. The van der Waals surface area contributed by atoms with Crippen LogP contribution >= 0.6 is 11.5 Å². The van der Waals surface area contributed by atoms with E-state index in [9.17, 15) is 14.3 Å². The quantitative estimate of drug-likeness (QED) is 0.878. The summed E-state index contributed by atoms with van der Waals surface area (Å²) in [5.41, 5.74) is 1.03. The van der Waals surface area contributed by atoms with E-state index >= 15 is 0 Å². The molecule has 0 bridgehead atoms. The summed E-state index contributed by atoms with van der Waals surface area (Å²) >= 11 is 1.21. The van der Waals surface area contributed by atoms with E-state index in [2.05, 4.69) is 9.59 Å². The summed E-state index contributed by atoms with van der Waals surface area (Å²) in [7, 11) is 3.08. The van der Waals surface area contributed by atoms with Crippen LogP contribution in [0.1, 0.15) is 22.2 Å². The molecule has 8 heteroatoms. The molecule has 0 radical (unpaired) electrons. The molecule has 2 aromatic rings. The lowest BCUT2D eigenvalue weighted by molar-refractivity contribution is -0.143. The van der Waals surface area contributed by atoms with Gasteiger partial charge in [0.1, 0.15) is 17.6 Å². The van der Waals surface area contributed by atoms with Gasteiger partial charge in [0.2, 0.25) is 0 Å². The Morgan fingerprint density at radius 2 is 2.27 bits per heavy atom. The van der Waals surface area contributed by atoms with Gasteiger partial charge in [-0.05, 0) is 43.7 Å². The van der Waals surface area contributed by atoms with Crippen molar-refractivity contribution in [2.24, 2.45) is 0 Å². The van der Waals surface area contributed by atoms with Crippen molar-refractivity contribution in [3.05, 3.63) is 40.2 Å². The molecule has 0 aliphatic carbocycles. The van der Waals surface area contributed by atoms with Gasteiger partial charge in [-0.15, -0.1) is 5.10 Å². The Balaban J connectivity index is 2.36. The lowest BCUT2D eigenvalue weighted by Gasteiger charge is -2.25. The highest BCUT2D eigenvalue weighted by Crippen LogP contribution is 2.31. The molecule has 0 saturated carbocycles. The van der Waals surface area contributed by atoms with E-state index in [1.807, 2.05) is 6.92 Å². The smallest absolute Gasteiger partial charge is 0.325 e. The Bertz CT molecular complexity index is 677. The first-order valence-corrected chi connectivity index (χ1v) is 7.25. The number of rotatable bonds is 6. The van der Waals surface area contributed by atoms with Crippen molar-refractivity contribution in [1.29, 1.82) is 0 Å². The average Bonchev–Trinajstić information content (AvgIpc) is 2.84. The zero-order chi connectivity index (χ0) is 16.3. The molecular formula is C14H16FN3O3S. The molecular weight excluding hydrogens is 309 g/mol. The van der Waals surface area contributed by atoms with Crippen LogP contribution in [0.2, 0.25) is 0 Å². The average molecular weight is 325 g/mol. The number of aryl methyl sites for hydroxylation is 1. The zero-order valence-corrected chi connectivity index (χ0v) is 13.2. The normalized spacial score (nSPS) is 12.4. The van der Waals surface area contributed by atoms with Crippen LogP contribution in [0.15, 0.2) is 18.2 Å². The first-order valence-electron chi connectivity index (χ1n) is 6.48. The maximum atomic E-state index is 13.5. The van der Waals surface area contributed by atoms with Gasteiger partial charge >= 0.3 is 5.97 Å². The summed E-state index contributed by atoms with van der Waals surface area (Å²) in [6.45, 7) is 2.16. The first-order chi connectivity index (χ1) is 10.4. The van der Waals surface area contributed by atoms with E-state index in [1.54, 1.807) is 11.9 Å². The predicted octanol–water partition coefficient (Wildman–Crippen LogP) is 2.25. The van der Waals surface area contributed by atoms with E-state index in [0.717, 1.165) is 10.6 Å². The number of hydrogen-bond donors (Lipinski definition) is 1. The van der Waals surface area contributed by atoms with Crippen molar-refractivity contribution < 1.29 is 19.0 Å². The number of ether oxygens (including phenoxy) is 1. The maximum absolute atomic E-state index is 13.5. The van der Waals surface area contributed by atoms with Crippen molar-refractivity contribution >= 4 is 17.5 Å². The van der Waals surface area contributed by atoms with Gasteiger partial charge in [-0.3, -0.25) is 9.69 Å². The van der Waals surface area contributed by atoms with Crippen LogP contribution in [0.4, 0.5) is 4.39 Å². The second-order valence-electron chi connectivity index (χ2n) is 4.82. The summed E-state index contributed by atoms with van der Waals surface area (Å²) in [5.74, 6) is -1.26. The monoisotopic (exact) mass is 325 g/mol. The Morgan fingerprint density at radius 1 is 1.55 bits per heavy atom. The molecule has 118 valence electrons. The second-order valence-corrected chi connectivity index (χ2v) is 5.66. The van der Waals surface area contributed by atoms with Crippen molar-refractivity contribution in [2.45, 2.75) is 19.5 Å². The second kappa shape index (κ2) is 6.80. The number of aliphatic carboxylic acids is 1. The van der Waals surface area contributed by atoms with Gasteiger partial charge in [-0.25, -0.2) is 4.39 Å². The standard InChI is InChI=1S/C14H16FN3O3S/c1-8-12(22-17-16-8)7-18(2)13(14(19)20)10-6-9(15)4-5-11(10)21-3/h4-6,13H,7H2,1-3H3,(H,19,20). The number of carboxylic acid groups (broad SMARTS) is 1. The Labute approximate surface area is 131 Å². The van der Waals surface area contributed by atoms with Crippen LogP contribution in [0, 0.1) is 12.7 Å². The van der Waals surface area contributed by atoms with Crippen LogP contribution in [-0.2, 0) is 11.3 Å². The number of carbonyl (C=O) groups is 1. The minimum absolute atomic E-state index is 0.271. The van der Waals surface area contributed by atoms with Crippen molar-refractivity contribution in [3.8, 4) is 5.75 Å².